The van der Waals surface area contributed by atoms with Crippen molar-refractivity contribution in [3.8, 4) is 5.75 Å². The number of piperidine rings is 1. The second kappa shape index (κ2) is 6.25. The van der Waals surface area contributed by atoms with E-state index in [2.05, 4.69) is 11.8 Å². The molecule has 1 fully saturated rings. The summed E-state index contributed by atoms with van der Waals surface area (Å²) in [4.78, 5) is 14.8. The molecule has 1 saturated heterocycles. The molecule has 4 nitrogen and oxygen atoms in total. The zero-order chi connectivity index (χ0) is 16.7. The van der Waals surface area contributed by atoms with Crippen molar-refractivity contribution >= 4 is 11.0 Å². The van der Waals surface area contributed by atoms with E-state index in [1.165, 1.54) is 12.8 Å². The molecule has 1 N–H and O–H groups in total. The van der Waals surface area contributed by atoms with Crippen molar-refractivity contribution < 1.29 is 9.52 Å². The quantitative estimate of drug-likeness (QED) is 0.856. The highest BCUT2D eigenvalue weighted by molar-refractivity contribution is 5.86. The maximum absolute atomic E-state index is 12.4. The summed E-state index contributed by atoms with van der Waals surface area (Å²) in [5.41, 5.74) is 3.14. The lowest BCUT2D eigenvalue weighted by Gasteiger charge is -2.31. The zero-order valence-electron chi connectivity index (χ0n) is 14.3. The van der Waals surface area contributed by atoms with Crippen molar-refractivity contribution in [1.29, 1.82) is 0 Å². The topological polar surface area (TPSA) is 53.7 Å². The second-order valence-corrected chi connectivity index (χ2v) is 7.48. The molecular weight excluding hydrogens is 302 g/mol. The molecule has 4 rings (SSSR count). The lowest BCUT2D eigenvalue weighted by atomic mass is 9.90. The second-order valence-electron chi connectivity index (χ2n) is 7.48. The van der Waals surface area contributed by atoms with Gasteiger partial charge in [0.2, 0.25) is 0 Å². The lowest BCUT2D eigenvalue weighted by Crippen LogP contribution is -2.33. The number of hydrogen-bond acceptors (Lipinski definition) is 4. The van der Waals surface area contributed by atoms with Gasteiger partial charge in [0.25, 0.3) is 0 Å². The van der Waals surface area contributed by atoms with Gasteiger partial charge in [-0.1, -0.05) is 6.92 Å². The van der Waals surface area contributed by atoms with Crippen LogP contribution in [0.5, 0.6) is 5.75 Å². The normalized spacial score (nSPS) is 21.8. The van der Waals surface area contributed by atoms with Gasteiger partial charge in [-0.25, -0.2) is 4.79 Å². The number of likely N-dealkylation sites (tertiary alicyclic amines) is 1. The first-order chi connectivity index (χ1) is 11.6. The summed E-state index contributed by atoms with van der Waals surface area (Å²) in [6.07, 6.45) is 6.37. The monoisotopic (exact) mass is 327 g/mol. The van der Waals surface area contributed by atoms with Crippen molar-refractivity contribution in [3.05, 3.63) is 39.2 Å². The van der Waals surface area contributed by atoms with Gasteiger partial charge in [-0.05, 0) is 68.7 Å². The molecule has 0 unspecified atom stereocenters. The van der Waals surface area contributed by atoms with Crippen LogP contribution < -0.4 is 5.63 Å². The van der Waals surface area contributed by atoms with E-state index in [1.807, 2.05) is 6.07 Å². The average Bonchev–Trinajstić information content (AvgIpc) is 2.58. The lowest BCUT2D eigenvalue weighted by molar-refractivity contribution is 0.175. The summed E-state index contributed by atoms with van der Waals surface area (Å²) in [5.74, 6) is 0.912. The molecule has 0 radical (unpaired) electrons. The van der Waals surface area contributed by atoms with Gasteiger partial charge in [-0.2, -0.15) is 0 Å². The summed E-state index contributed by atoms with van der Waals surface area (Å²) < 4.78 is 5.70. The molecule has 2 aliphatic rings. The Hall–Kier alpha value is -1.81. The molecule has 1 atom stereocenters. The fraction of sp³-hybridized carbons (Fsp3) is 0.550. The Morgan fingerprint density at radius 2 is 2.00 bits per heavy atom. The first-order valence-electron chi connectivity index (χ1n) is 9.15. The maximum atomic E-state index is 12.4. The predicted molar refractivity (Wildman–Crippen MR) is 94.5 cm³/mol. The van der Waals surface area contributed by atoms with E-state index in [4.69, 9.17) is 4.42 Å². The molecule has 24 heavy (non-hydrogen) atoms. The summed E-state index contributed by atoms with van der Waals surface area (Å²) >= 11 is 0. The molecule has 128 valence electrons. The van der Waals surface area contributed by atoms with Crippen LogP contribution in [0.3, 0.4) is 0 Å². The zero-order valence-corrected chi connectivity index (χ0v) is 14.3. The van der Waals surface area contributed by atoms with E-state index >= 15 is 0 Å². The number of phenols is 1. The minimum Gasteiger partial charge on any atom is -0.507 e. The van der Waals surface area contributed by atoms with Crippen molar-refractivity contribution in [1.82, 2.24) is 4.90 Å². The standard InChI is InChI=1S/C20H25NO3/c1-13-5-4-10-21(11-13)12-17-18(22)9-8-15-14-6-2-3-7-16(14)20(23)24-19(15)17/h8-9,13,22H,2-7,10-12H2,1H3/t13-/m1/s1. The van der Waals surface area contributed by atoms with E-state index in [0.29, 0.717) is 18.0 Å². The molecule has 2 aromatic rings. The minimum absolute atomic E-state index is 0.212. The van der Waals surface area contributed by atoms with Gasteiger partial charge in [0, 0.05) is 24.0 Å². The van der Waals surface area contributed by atoms with Gasteiger partial charge >= 0.3 is 5.63 Å². The Kier molecular flexibility index (Phi) is 4.09. The van der Waals surface area contributed by atoms with Crippen molar-refractivity contribution in [3.63, 3.8) is 0 Å². The number of benzene rings is 1. The van der Waals surface area contributed by atoms with E-state index in [1.54, 1.807) is 6.07 Å². The maximum Gasteiger partial charge on any atom is 0.339 e. The van der Waals surface area contributed by atoms with E-state index in [-0.39, 0.29) is 11.4 Å². The Morgan fingerprint density at radius 3 is 2.79 bits per heavy atom. The molecule has 2 heterocycles. The van der Waals surface area contributed by atoms with Gasteiger partial charge < -0.3 is 9.52 Å². The first-order valence-corrected chi connectivity index (χ1v) is 9.15. The largest absolute Gasteiger partial charge is 0.507 e. The smallest absolute Gasteiger partial charge is 0.339 e. The average molecular weight is 327 g/mol. The number of phenolic OH excluding ortho intramolecular Hbond substituents is 1. The summed E-state index contributed by atoms with van der Waals surface area (Å²) in [6.45, 7) is 4.99. The third-order valence-corrected chi connectivity index (χ3v) is 5.59. The molecule has 0 bridgehead atoms. The molecule has 0 saturated carbocycles. The third kappa shape index (κ3) is 2.73. The molecule has 1 aromatic heterocycles. The van der Waals surface area contributed by atoms with Crippen molar-refractivity contribution in [2.75, 3.05) is 13.1 Å². The van der Waals surface area contributed by atoms with Crippen LogP contribution in [0.1, 0.15) is 49.3 Å². The van der Waals surface area contributed by atoms with Gasteiger partial charge in [0.15, 0.2) is 0 Å². The number of fused-ring (bicyclic) bond motifs is 3. The number of hydrogen-bond donors (Lipinski definition) is 1. The number of nitrogens with zero attached hydrogens (tertiary/aromatic N) is 1. The van der Waals surface area contributed by atoms with Crippen LogP contribution in [0.15, 0.2) is 21.3 Å². The van der Waals surface area contributed by atoms with Crippen LogP contribution in [0.4, 0.5) is 0 Å². The molecular formula is C20H25NO3. The van der Waals surface area contributed by atoms with Crippen molar-refractivity contribution in [2.24, 2.45) is 5.92 Å². The van der Waals surface area contributed by atoms with E-state index in [9.17, 15) is 9.90 Å². The predicted octanol–water partition coefficient (Wildman–Crippen LogP) is 3.61. The highest BCUT2D eigenvalue weighted by Gasteiger charge is 2.23. The fourth-order valence-corrected chi connectivity index (χ4v) is 4.36. The molecule has 4 heteroatoms. The van der Waals surface area contributed by atoms with Gasteiger partial charge in [0.05, 0.1) is 5.56 Å². The molecule has 1 aliphatic heterocycles. The molecule has 1 aliphatic carbocycles. The highest BCUT2D eigenvalue weighted by Crippen LogP contribution is 2.33. The van der Waals surface area contributed by atoms with Crippen LogP contribution in [0.2, 0.25) is 0 Å². The molecule has 0 amide bonds. The first kappa shape index (κ1) is 15.7. The van der Waals surface area contributed by atoms with Gasteiger partial charge in [0.1, 0.15) is 11.3 Å². The third-order valence-electron chi connectivity index (χ3n) is 5.59. The number of aryl methyl sites for hydroxylation is 1. The Balaban J connectivity index is 1.81. The van der Waals surface area contributed by atoms with E-state index < -0.39 is 0 Å². The Bertz CT molecular complexity index is 824. The summed E-state index contributed by atoms with van der Waals surface area (Å²) in [7, 11) is 0. The number of aromatic hydroxyl groups is 1. The summed E-state index contributed by atoms with van der Waals surface area (Å²) in [5, 5.41) is 11.4. The van der Waals surface area contributed by atoms with Gasteiger partial charge in [-0.3, -0.25) is 4.90 Å². The minimum atomic E-state index is -0.212. The van der Waals surface area contributed by atoms with Crippen LogP contribution in [0, 0.1) is 5.92 Å². The van der Waals surface area contributed by atoms with Crippen LogP contribution in [-0.2, 0) is 19.4 Å². The van der Waals surface area contributed by atoms with Crippen LogP contribution >= 0.6 is 0 Å². The Morgan fingerprint density at radius 1 is 1.21 bits per heavy atom. The van der Waals surface area contributed by atoms with Gasteiger partial charge in [-0.15, -0.1) is 0 Å². The molecule has 0 spiro atoms. The summed E-state index contributed by atoms with van der Waals surface area (Å²) in [6, 6.07) is 3.68. The number of rotatable bonds is 2. The van der Waals surface area contributed by atoms with E-state index in [0.717, 1.165) is 60.8 Å². The molecule has 1 aromatic carbocycles. The fourth-order valence-electron chi connectivity index (χ4n) is 4.36. The van der Waals surface area contributed by atoms with Crippen LogP contribution in [-0.4, -0.2) is 23.1 Å². The Labute approximate surface area is 142 Å². The van der Waals surface area contributed by atoms with Crippen LogP contribution in [0.25, 0.3) is 11.0 Å². The van der Waals surface area contributed by atoms with Crippen molar-refractivity contribution in [2.45, 2.75) is 52.0 Å². The highest BCUT2D eigenvalue weighted by atomic mass is 16.4. The SMILES string of the molecule is C[C@@H]1CCCN(Cc2c(O)ccc3c4c(c(=O)oc23)CCCC4)C1.